The number of nitrogens with zero attached hydrogens (tertiary/aromatic N) is 1. The zero-order valence-electron chi connectivity index (χ0n) is 22.5. The van der Waals surface area contributed by atoms with E-state index in [0.717, 1.165) is 11.1 Å². The molecule has 1 fully saturated rings. The van der Waals surface area contributed by atoms with E-state index in [2.05, 4.69) is 0 Å². The van der Waals surface area contributed by atoms with Crippen LogP contribution in [0.15, 0.2) is 97.1 Å². The molecule has 0 saturated carbocycles. The third-order valence-electron chi connectivity index (χ3n) is 8.83. The number of methoxy groups -OCH3 is 1. The molecule has 1 saturated heterocycles. The van der Waals surface area contributed by atoms with Crippen molar-refractivity contribution in [3.63, 3.8) is 0 Å². The van der Waals surface area contributed by atoms with Crippen molar-refractivity contribution in [2.24, 2.45) is 5.41 Å². The van der Waals surface area contributed by atoms with Crippen LogP contribution in [0.5, 0.6) is 5.75 Å². The Morgan fingerprint density at radius 3 is 2.27 bits per heavy atom. The van der Waals surface area contributed by atoms with Gasteiger partial charge >= 0.3 is 0 Å². The Balaban J connectivity index is 1.54. The predicted octanol–water partition coefficient (Wildman–Crippen LogP) is 6.46. The number of rotatable bonds is 4. The van der Waals surface area contributed by atoms with Gasteiger partial charge in [0.1, 0.15) is 23.0 Å². The number of hydrogen-bond acceptors (Lipinski definition) is 5. The summed E-state index contributed by atoms with van der Waals surface area (Å²) in [5.41, 5.74) is 2.45. The molecule has 0 bridgehead atoms. The van der Waals surface area contributed by atoms with Crippen molar-refractivity contribution in [3.05, 3.63) is 136 Å². The van der Waals surface area contributed by atoms with Gasteiger partial charge in [0, 0.05) is 33.9 Å². The van der Waals surface area contributed by atoms with Crippen LogP contribution < -0.4 is 9.64 Å². The second kappa shape index (κ2) is 9.10. The van der Waals surface area contributed by atoms with Gasteiger partial charge in [0.15, 0.2) is 17.3 Å². The second-order valence-electron chi connectivity index (χ2n) is 10.9. The van der Waals surface area contributed by atoms with E-state index in [1.165, 1.54) is 19.2 Å². The molecule has 0 aromatic heterocycles. The SMILES string of the molecule is COc1cccc(C(=O)[C@H]2[C@H](c3ccc(C)cc3)C3(C(=O)c4ccccc4C3=O)C3C=Cc4cc(F)ccc4N32)c1. The molecule has 202 valence electrons. The Hall–Kier alpha value is -4.84. The number of aryl methyl sites for hydroxylation is 1. The zero-order valence-corrected chi connectivity index (χ0v) is 22.5. The van der Waals surface area contributed by atoms with Gasteiger partial charge in [-0.25, -0.2) is 4.39 Å². The largest absolute Gasteiger partial charge is 0.497 e. The highest BCUT2D eigenvalue weighted by atomic mass is 19.1. The lowest BCUT2D eigenvalue weighted by Crippen LogP contribution is -2.48. The fourth-order valence-corrected chi connectivity index (χ4v) is 7.04. The number of carbonyl (C=O) groups is 3. The number of Topliss-reactive ketones (excluding diaryl/α,β-unsaturated/α-hetero) is 3. The van der Waals surface area contributed by atoms with Crippen LogP contribution in [0.4, 0.5) is 10.1 Å². The number of hydrogen-bond donors (Lipinski definition) is 0. The predicted molar refractivity (Wildman–Crippen MR) is 154 cm³/mol. The van der Waals surface area contributed by atoms with Gasteiger partial charge in [-0.1, -0.05) is 78.4 Å². The molecule has 0 N–H and O–H groups in total. The number of ketones is 3. The summed E-state index contributed by atoms with van der Waals surface area (Å²) < 4.78 is 19.8. The lowest BCUT2D eigenvalue weighted by atomic mass is 9.64. The van der Waals surface area contributed by atoms with Crippen LogP contribution in [0.25, 0.3) is 6.08 Å². The van der Waals surface area contributed by atoms with E-state index in [0.29, 0.717) is 33.7 Å². The molecular formula is C35H26FNO4. The topological polar surface area (TPSA) is 63.7 Å². The maximum atomic E-state index is 14.7. The van der Waals surface area contributed by atoms with Crippen molar-refractivity contribution >= 4 is 29.1 Å². The first-order chi connectivity index (χ1) is 19.9. The fraction of sp³-hybridized carbons (Fsp3) is 0.171. The highest BCUT2D eigenvalue weighted by Crippen LogP contribution is 2.61. The van der Waals surface area contributed by atoms with Gasteiger partial charge < -0.3 is 9.64 Å². The first-order valence-corrected chi connectivity index (χ1v) is 13.6. The van der Waals surface area contributed by atoms with Gasteiger partial charge in [0.2, 0.25) is 0 Å². The summed E-state index contributed by atoms with van der Waals surface area (Å²) in [6, 6.07) is 24.2. The van der Waals surface area contributed by atoms with Crippen LogP contribution in [0, 0.1) is 18.2 Å². The molecule has 3 atom stereocenters. The summed E-state index contributed by atoms with van der Waals surface area (Å²) in [7, 11) is 1.53. The number of halogens is 1. The van der Waals surface area contributed by atoms with Gasteiger partial charge in [-0.3, -0.25) is 14.4 Å². The highest BCUT2D eigenvalue weighted by Gasteiger charge is 2.71. The minimum atomic E-state index is -1.60. The molecule has 3 aliphatic rings. The van der Waals surface area contributed by atoms with E-state index in [1.54, 1.807) is 66.7 Å². The molecule has 2 aliphatic heterocycles. The Kier molecular flexibility index (Phi) is 5.58. The molecule has 1 spiro atoms. The van der Waals surface area contributed by atoms with Gasteiger partial charge in [0.25, 0.3) is 0 Å². The van der Waals surface area contributed by atoms with Gasteiger partial charge in [0.05, 0.1) is 13.2 Å². The van der Waals surface area contributed by atoms with Crippen LogP contribution >= 0.6 is 0 Å². The molecule has 0 amide bonds. The first-order valence-electron chi connectivity index (χ1n) is 13.6. The van der Waals surface area contributed by atoms with Crippen molar-refractivity contribution in [1.29, 1.82) is 0 Å². The fourth-order valence-electron chi connectivity index (χ4n) is 7.04. The third-order valence-corrected chi connectivity index (χ3v) is 8.83. The van der Waals surface area contributed by atoms with Crippen molar-refractivity contribution in [3.8, 4) is 5.75 Å². The van der Waals surface area contributed by atoms with E-state index in [-0.39, 0.29) is 17.3 Å². The number of ether oxygens (including phenoxy) is 1. The maximum absolute atomic E-state index is 14.7. The summed E-state index contributed by atoms with van der Waals surface area (Å²) in [5, 5.41) is 0. The van der Waals surface area contributed by atoms with Crippen LogP contribution in [0.3, 0.4) is 0 Å². The van der Waals surface area contributed by atoms with Gasteiger partial charge in [-0.2, -0.15) is 0 Å². The van der Waals surface area contributed by atoms with Crippen molar-refractivity contribution in [1.82, 2.24) is 0 Å². The molecule has 4 aromatic rings. The number of anilines is 1. The number of carbonyl (C=O) groups excluding carboxylic acids is 3. The molecule has 41 heavy (non-hydrogen) atoms. The zero-order chi connectivity index (χ0) is 28.5. The molecule has 6 heteroatoms. The molecule has 5 nitrogen and oxygen atoms in total. The Labute approximate surface area is 236 Å². The summed E-state index contributed by atoms with van der Waals surface area (Å²) in [4.78, 5) is 45.9. The van der Waals surface area contributed by atoms with Crippen molar-refractivity contribution in [2.75, 3.05) is 12.0 Å². The summed E-state index contributed by atoms with van der Waals surface area (Å²) in [5.74, 6) is -1.55. The number of benzene rings is 4. The van der Waals surface area contributed by atoms with Crippen molar-refractivity contribution < 1.29 is 23.5 Å². The van der Waals surface area contributed by atoms with E-state index in [9.17, 15) is 18.8 Å². The highest BCUT2D eigenvalue weighted by molar-refractivity contribution is 6.32. The van der Waals surface area contributed by atoms with E-state index in [4.69, 9.17) is 4.74 Å². The smallest absolute Gasteiger partial charge is 0.186 e. The summed E-state index contributed by atoms with van der Waals surface area (Å²) in [6.07, 6.45) is 3.55. The molecule has 1 unspecified atom stereocenters. The normalized spacial score (nSPS) is 21.5. The molecule has 2 heterocycles. The maximum Gasteiger partial charge on any atom is 0.186 e. The van der Waals surface area contributed by atoms with E-state index in [1.807, 2.05) is 36.1 Å². The third kappa shape index (κ3) is 3.43. The Morgan fingerprint density at radius 1 is 0.878 bits per heavy atom. The molecule has 0 radical (unpaired) electrons. The lowest BCUT2D eigenvalue weighted by molar-refractivity contribution is 0.0666. The van der Waals surface area contributed by atoms with E-state index < -0.39 is 29.2 Å². The second-order valence-corrected chi connectivity index (χ2v) is 10.9. The van der Waals surface area contributed by atoms with Gasteiger partial charge in [-0.05, 0) is 42.8 Å². The quantitative estimate of drug-likeness (QED) is 0.218. The van der Waals surface area contributed by atoms with Crippen LogP contribution in [0.1, 0.15) is 53.7 Å². The van der Waals surface area contributed by atoms with Crippen LogP contribution in [-0.2, 0) is 0 Å². The average Bonchev–Trinajstić information content (AvgIpc) is 3.43. The van der Waals surface area contributed by atoms with E-state index >= 15 is 0 Å². The van der Waals surface area contributed by atoms with Crippen LogP contribution in [0.2, 0.25) is 0 Å². The lowest BCUT2D eigenvalue weighted by Gasteiger charge is -2.37. The molecule has 7 rings (SSSR count). The monoisotopic (exact) mass is 543 g/mol. The standard InChI is InChI=1S/C35H26FNO4/c1-20-10-12-21(13-11-20)30-31(32(38)23-6-5-7-25(19-23)41-2)37-28-16-15-24(36)18-22(28)14-17-29(37)35(30)33(39)26-8-3-4-9-27(26)34(35)40/h3-19,29-31H,1-2H3/t29?,30-,31+/m0/s1. The summed E-state index contributed by atoms with van der Waals surface area (Å²) in [6.45, 7) is 1.96. The van der Waals surface area contributed by atoms with Crippen molar-refractivity contribution in [2.45, 2.75) is 24.9 Å². The minimum absolute atomic E-state index is 0.251. The summed E-state index contributed by atoms with van der Waals surface area (Å²) >= 11 is 0. The first kappa shape index (κ1) is 25.1. The molecular weight excluding hydrogens is 517 g/mol. The van der Waals surface area contributed by atoms with Gasteiger partial charge in [-0.15, -0.1) is 0 Å². The minimum Gasteiger partial charge on any atom is -0.497 e. The van der Waals surface area contributed by atoms with Crippen LogP contribution in [-0.4, -0.2) is 36.5 Å². The number of fused-ring (bicyclic) bond motifs is 5. The Morgan fingerprint density at radius 2 is 1.59 bits per heavy atom. The average molecular weight is 544 g/mol. The molecule has 4 aromatic carbocycles. The molecule has 1 aliphatic carbocycles. The Bertz CT molecular complexity index is 1760.